The molecule has 2 aromatic heterocycles. The van der Waals surface area contributed by atoms with Crippen LogP contribution in [0.25, 0.3) is 0 Å². The van der Waals surface area contributed by atoms with E-state index in [9.17, 15) is 0 Å². The third kappa shape index (κ3) is 3.01. The van der Waals surface area contributed by atoms with E-state index in [4.69, 9.17) is 10.3 Å². The number of aryl methyl sites for hydroxylation is 1. The van der Waals surface area contributed by atoms with Crippen LogP contribution >= 0.6 is 15.9 Å². The number of nitrogens with two attached hydrogens (primary N) is 1. The van der Waals surface area contributed by atoms with E-state index >= 15 is 0 Å². The molecule has 0 aliphatic heterocycles. The number of aromatic nitrogens is 2. The number of furan rings is 1. The molecular weight excluding hydrogens is 296 g/mol. The van der Waals surface area contributed by atoms with E-state index in [-0.39, 0.29) is 6.04 Å². The van der Waals surface area contributed by atoms with Crippen LogP contribution in [0.2, 0.25) is 0 Å². The van der Waals surface area contributed by atoms with Crippen molar-refractivity contribution < 1.29 is 4.42 Å². The highest BCUT2D eigenvalue weighted by atomic mass is 79.9. The van der Waals surface area contributed by atoms with E-state index in [1.54, 1.807) is 0 Å². The van der Waals surface area contributed by atoms with Gasteiger partial charge in [-0.3, -0.25) is 5.84 Å². The van der Waals surface area contributed by atoms with Gasteiger partial charge in [-0.2, -0.15) is 0 Å². The van der Waals surface area contributed by atoms with Crippen molar-refractivity contribution in [3.63, 3.8) is 0 Å². The van der Waals surface area contributed by atoms with Gasteiger partial charge in [-0.05, 0) is 34.5 Å². The Labute approximate surface area is 114 Å². The number of imidazole rings is 1. The van der Waals surface area contributed by atoms with Gasteiger partial charge in [-0.1, -0.05) is 6.92 Å². The Bertz CT molecular complexity index is 494. The lowest BCUT2D eigenvalue weighted by atomic mass is 10.1. The molecule has 2 heterocycles. The van der Waals surface area contributed by atoms with Crippen LogP contribution in [0.4, 0.5) is 0 Å². The molecule has 1 unspecified atom stereocenters. The maximum absolute atomic E-state index is 5.59. The third-order valence-corrected chi connectivity index (χ3v) is 3.22. The molecular formula is C12H17BrN4O. The highest BCUT2D eigenvalue weighted by Gasteiger charge is 2.17. The van der Waals surface area contributed by atoms with Gasteiger partial charge >= 0.3 is 0 Å². The van der Waals surface area contributed by atoms with Crippen molar-refractivity contribution in [1.29, 1.82) is 0 Å². The summed E-state index contributed by atoms with van der Waals surface area (Å²) in [5.74, 6) is 7.40. The van der Waals surface area contributed by atoms with Crippen molar-refractivity contribution >= 4 is 15.9 Å². The zero-order valence-electron chi connectivity index (χ0n) is 10.3. The monoisotopic (exact) mass is 312 g/mol. The van der Waals surface area contributed by atoms with E-state index in [1.165, 1.54) is 0 Å². The first-order chi connectivity index (χ1) is 8.74. The standard InChI is InChI=1S/C12H17BrN4O/c1-2-6-17-7-5-15-12(17)8-9(16-14)10-3-4-11(13)18-10/h3-5,7,9,16H,2,6,8,14H2,1H3. The number of nitrogens with one attached hydrogen (secondary N) is 1. The van der Waals surface area contributed by atoms with E-state index < -0.39 is 0 Å². The molecule has 0 radical (unpaired) electrons. The van der Waals surface area contributed by atoms with Crippen LogP contribution in [0.3, 0.4) is 0 Å². The molecule has 0 aliphatic rings. The van der Waals surface area contributed by atoms with Gasteiger partial charge in [0, 0.05) is 25.4 Å². The van der Waals surface area contributed by atoms with Crippen molar-refractivity contribution in [3.8, 4) is 0 Å². The second-order valence-electron chi connectivity index (χ2n) is 4.10. The van der Waals surface area contributed by atoms with Gasteiger partial charge in [0.15, 0.2) is 4.67 Å². The Hall–Kier alpha value is -1.11. The second kappa shape index (κ2) is 6.17. The second-order valence-corrected chi connectivity index (χ2v) is 4.88. The number of nitrogens with zero attached hydrogens (tertiary/aromatic N) is 2. The fourth-order valence-corrected chi connectivity index (χ4v) is 2.23. The average molecular weight is 313 g/mol. The molecule has 0 aromatic carbocycles. The van der Waals surface area contributed by atoms with Crippen molar-refractivity contribution in [2.24, 2.45) is 5.84 Å². The van der Waals surface area contributed by atoms with Crippen LogP contribution in [0, 0.1) is 0 Å². The molecule has 1 atom stereocenters. The van der Waals surface area contributed by atoms with Gasteiger partial charge in [-0.15, -0.1) is 0 Å². The van der Waals surface area contributed by atoms with Crippen molar-refractivity contribution in [2.45, 2.75) is 32.4 Å². The van der Waals surface area contributed by atoms with Gasteiger partial charge in [-0.25, -0.2) is 10.4 Å². The lowest BCUT2D eigenvalue weighted by molar-refractivity contribution is 0.396. The third-order valence-electron chi connectivity index (χ3n) is 2.79. The van der Waals surface area contributed by atoms with Crippen molar-refractivity contribution in [3.05, 3.63) is 40.8 Å². The molecule has 3 N–H and O–H groups in total. The molecule has 0 spiro atoms. The summed E-state index contributed by atoms with van der Waals surface area (Å²) in [7, 11) is 0. The Morgan fingerprint density at radius 1 is 1.56 bits per heavy atom. The summed E-state index contributed by atoms with van der Waals surface area (Å²) in [4.78, 5) is 4.37. The van der Waals surface area contributed by atoms with Gasteiger partial charge in [0.05, 0.1) is 6.04 Å². The highest BCUT2D eigenvalue weighted by molar-refractivity contribution is 9.10. The van der Waals surface area contributed by atoms with Crippen LogP contribution in [0.15, 0.2) is 33.6 Å². The molecule has 18 heavy (non-hydrogen) atoms. The Kier molecular flexibility index (Phi) is 4.57. The molecule has 5 nitrogen and oxygen atoms in total. The molecule has 0 fully saturated rings. The van der Waals surface area contributed by atoms with Crippen molar-refractivity contribution in [1.82, 2.24) is 15.0 Å². The summed E-state index contributed by atoms with van der Waals surface area (Å²) >= 11 is 3.29. The van der Waals surface area contributed by atoms with Crippen LogP contribution in [0.5, 0.6) is 0 Å². The van der Waals surface area contributed by atoms with Crippen LogP contribution in [-0.2, 0) is 13.0 Å². The minimum Gasteiger partial charge on any atom is -0.453 e. The first-order valence-electron chi connectivity index (χ1n) is 5.96. The van der Waals surface area contributed by atoms with Gasteiger partial charge in [0.1, 0.15) is 11.6 Å². The van der Waals surface area contributed by atoms with Crippen LogP contribution < -0.4 is 11.3 Å². The van der Waals surface area contributed by atoms with Crippen LogP contribution in [0.1, 0.15) is 31.0 Å². The summed E-state index contributed by atoms with van der Waals surface area (Å²) in [5.41, 5.74) is 2.77. The highest BCUT2D eigenvalue weighted by Crippen LogP contribution is 2.22. The predicted octanol–water partition coefficient (Wildman–Crippen LogP) is 2.40. The summed E-state index contributed by atoms with van der Waals surface area (Å²) < 4.78 is 8.37. The lowest BCUT2D eigenvalue weighted by Gasteiger charge is -2.14. The molecule has 2 aromatic rings. The normalized spacial score (nSPS) is 12.8. The Morgan fingerprint density at radius 3 is 3.00 bits per heavy atom. The zero-order chi connectivity index (χ0) is 13.0. The van der Waals surface area contributed by atoms with E-state index in [0.29, 0.717) is 11.1 Å². The zero-order valence-corrected chi connectivity index (χ0v) is 11.9. The fourth-order valence-electron chi connectivity index (χ4n) is 1.91. The van der Waals surface area contributed by atoms with Crippen molar-refractivity contribution in [2.75, 3.05) is 0 Å². The molecule has 0 saturated heterocycles. The quantitative estimate of drug-likeness (QED) is 0.635. The molecule has 0 aliphatic carbocycles. The summed E-state index contributed by atoms with van der Waals surface area (Å²) in [5, 5.41) is 0. The minimum absolute atomic E-state index is 0.0747. The first-order valence-corrected chi connectivity index (χ1v) is 6.75. The molecule has 0 bridgehead atoms. The number of rotatable bonds is 6. The number of hydrogen-bond donors (Lipinski definition) is 2. The number of hydrazine groups is 1. The van der Waals surface area contributed by atoms with Gasteiger partial charge in [0.2, 0.25) is 0 Å². The Morgan fingerprint density at radius 2 is 2.39 bits per heavy atom. The average Bonchev–Trinajstić information content (AvgIpc) is 2.96. The topological polar surface area (TPSA) is 69.0 Å². The van der Waals surface area contributed by atoms with E-state index in [2.05, 4.69) is 37.8 Å². The summed E-state index contributed by atoms with van der Waals surface area (Å²) in [6.45, 7) is 3.11. The van der Waals surface area contributed by atoms with Gasteiger partial charge in [0.25, 0.3) is 0 Å². The molecule has 0 amide bonds. The van der Waals surface area contributed by atoms with Gasteiger partial charge < -0.3 is 8.98 Å². The first kappa shape index (κ1) is 13.3. The number of halogens is 1. The van der Waals surface area contributed by atoms with E-state index in [1.807, 2.05) is 24.5 Å². The van der Waals surface area contributed by atoms with E-state index in [0.717, 1.165) is 24.6 Å². The molecule has 6 heteroatoms. The number of hydrogen-bond acceptors (Lipinski definition) is 4. The Balaban J connectivity index is 2.12. The molecule has 98 valence electrons. The minimum atomic E-state index is -0.0747. The predicted molar refractivity (Wildman–Crippen MR) is 72.7 cm³/mol. The SMILES string of the molecule is CCCn1ccnc1CC(NN)c1ccc(Br)o1. The molecule has 2 rings (SSSR count). The largest absolute Gasteiger partial charge is 0.453 e. The summed E-state index contributed by atoms with van der Waals surface area (Å²) in [6, 6.07) is 3.69. The maximum atomic E-state index is 5.59. The van der Waals surface area contributed by atoms with Crippen LogP contribution in [-0.4, -0.2) is 9.55 Å². The summed E-state index contributed by atoms with van der Waals surface area (Å²) in [6.07, 6.45) is 5.58. The molecule has 0 saturated carbocycles. The maximum Gasteiger partial charge on any atom is 0.169 e. The lowest BCUT2D eigenvalue weighted by Crippen LogP contribution is -2.30. The fraction of sp³-hybridized carbons (Fsp3) is 0.417. The smallest absolute Gasteiger partial charge is 0.169 e.